The highest BCUT2D eigenvalue weighted by Gasteiger charge is 2.23. The summed E-state index contributed by atoms with van der Waals surface area (Å²) in [7, 11) is -3.18. The molecular formula is C18H25NO8S. The Balaban J connectivity index is 2.85. The number of para-hydroxylation sites is 1. The molecule has 1 aromatic carbocycles. The van der Waals surface area contributed by atoms with Gasteiger partial charge in [-0.3, -0.25) is 9.35 Å². The van der Waals surface area contributed by atoms with E-state index in [0.717, 1.165) is 6.07 Å². The van der Waals surface area contributed by atoms with Crippen LogP contribution in [0.2, 0.25) is 0 Å². The van der Waals surface area contributed by atoms with Gasteiger partial charge in [-0.25, -0.2) is 4.79 Å². The summed E-state index contributed by atoms with van der Waals surface area (Å²) in [6, 6.07) is 5.37. The van der Waals surface area contributed by atoms with Crippen molar-refractivity contribution < 1.29 is 36.8 Å². The van der Waals surface area contributed by atoms with Crippen LogP contribution in [0.15, 0.2) is 29.2 Å². The van der Waals surface area contributed by atoms with E-state index in [9.17, 15) is 27.4 Å². The highest BCUT2D eigenvalue weighted by atomic mass is 32.2. The molecule has 1 aromatic rings. The molecule has 0 saturated heterocycles. The fourth-order valence-electron chi connectivity index (χ4n) is 2.34. The van der Waals surface area contributed by atoms with Crippen molar-refractivity contribution in [1.29, 1.82) is 0 Å². The molecule has 0 aliphatic heterocycles. The SMILES string of the molecule is COC(C)C(=O)OC(CCCC(C)=O)CC(=O)Nc1ccccc1S(=O)(=O)O. The van der Waals surface area contributed by atoms with Gasteiger partial charge in [0.2, 0.25) is 5.91 Å². The van der Waals surface area contributed by atoms with E-state index in [0.29, 0.717) is 6.42 Å². The topological polar surface area (TPSA) is 136 Å². The minimum atomic E-state index is -4.52. The summed E-state index contributed by atoms with van der Waals surface area (Å²) in [6.07, 6.45) is -0.916. The fourth-order valence-corrected chi connectivity index (χ4v) is 2.99. The first-order valence-electron chi connectivity index (χ1n) is 8.63. The predicted octanol–water partition coefficient (Wildman–Crippen LogP) is 1.97. The monoisotopic (exact) mass is 415 g/mol. The standard InChI is InChI=1S/C18H25NO8S/c1-12(20)7-6-8-14(27-18(22)13(2)26-3)11-17(21)19-15-9-4-5-10-16(15)28(23,24)25/h4-5,9-10,13-14H,6-8,11H2,1-3H3,(H,19,21)(H,23,24,25). The van der Waals surface area contributed by atoms with E-state index in [1.165, 1.54) is 39.2 Å². The Labute approximate surface area is 164 Å². The van der Waals surface area contributed by atoms with E-state index in [-0.39, 0.29) is 30.7 Å². The van der Waals surface area contributed by atoms with Crippen molar-refractivity contribution in [3.8, 4) is 0 Å². The smallest absolute Gasteiger partial charge is 0.335 e. The van der Waals surface area contributed by atoms with Gasteiger partial charge in [0, 0.05) is 13.5 Å². The van der Waals surface area contributed by atoms with Crippen LogP contribution in [-0.2, 0) is 34.0 Å². The van der Waals surface area contributed by atoms with Crippen molar-refractivity contribution in [1.82, 2.24) is 0 Å². The maximum atomic E-state index is 12.3. The number of anilines is 1. The van der Waals surface area contributed by atoms with Gasteiger partial charge in [0.15, 0.2) is 6.10 Å². The van der Waals surface area contributed by atoms with E-state index >= 15 is 0 Å². The molecule has 9 nitrogen and oxygen atoms in total. The summed E-state index contributed by atoms with van der Waals surface area (Å²) in [5.74, 6) is -1.29. The van der Waals surface area contributed by atoms with Gasteiger partial charge < -0.3 is 19.6 Å². The molecule has 0 aliphatic rings. The van der Waals surface area contributed by atoms with Crippen molar-refractivity contribution in [3.05, 3.63) is 24.3 Å². The fraction of sp³-hybridized carbons (Fsp3) is 0.500. The number of rotatable bonds is 11. The second-order valence-electron chi connectivity index (χ2n) is 6.25. The summed E-state index contributed by atoms with van der Waals surface area (Å²) in [4.78, 5) is 35.0. The Morgan fingerprint density at radius 1 is 1.21 bits per heavy atom. The first-order chi connectivity index (χ1) is 13.0. The zero-order chi connectivity index (χ0) is 21.3. The van der Waals surface area contributed by atoms with Gasteiger partial charge in [0.1, 0.15) is 16.8 Å². The van der Waals surface area contributed by atoms with Gasteiger partial charge in [-0.2, -0.15) is 8.42 Å². The van der Waals surface area contributed by atoms with Crippen LogP contribution in [0.5, 0.6) is 0 Å². The summed E-state index contributed by atoms with van der Waals surface area (Å²) in [5.41, 5.74) is -0.0888. The third-order valence-corrected chi connectivity index (χ3v) is 4.79. The minimum absolute atomic E-state index is 0.0260. The molecule has 0 radical (unpaired) electrons. The average molecular weight is 415 g/mol. The molecule has 2 atom stereocenters. The van der Waals surface area contributed by atoms with Crippen LogP contribution < -0.4 is 5.32 Å². The molecule has 0 fully saturated rings. The van der Waals surface area contributed by atoms with E-state index in [1.807, 2.05) is 0 Å². The third-order valence-electron chi connectivity index (χ3n) is 3.88. The van der Waals surface area contributed by atoms with Gasteiger partial charge in [-0.05, 0) is 38.8 Å². The van der Waals surface area contributed by atoms with Crippen LogP contribution in [0.3, 0.4) is 0 Å². The number of hydrogen-bond acceptors (Lipinski definition) is 7. The highest BCUT2D eigenvalue weighted by molar-refractivity contribution is 7.86. The Morgan fingerprint density at radius 3 is 2.43 bits per heavy atom. The molecule has 28 heavy (non-hydrogen) atoms. The molecule has 0 saturated carbocycles. The van der Waals surface area contributed by atoms with E-state index in [2.05, 4.69) is 5.32 Å². The highest BCUT2D eigenvalue weighted by Crippen LogP contribution is 2.21. The van der Waals surface area contributed by atoms with Crippen molar-refractivity contribution in [2.45, 2.75) is 56.6 Å². The zero-order valence-corrected chi connectivity index (χ0v) is 16.8. The molecule has 1 amide bonds. The first kappa shape index (κ1) is 23.7. The van der Waals surface area contributed by atoms with Gasteiger partial charge in [0.05, 0.1) is 12.1 Å². The van der Waals surface area contributed by atoms with Gasteiger partial charge in [-0.15, -0.1) is 0 Å². The maximum absolute atomic E-state index is 12.3. The third kappa shape index (κ3) is 8.15. The van der Waals surface area contributed by atoms with E-state index in [4.69, 9.17) is 9.47 Å². The molecule has 0 aromatic heterocycles. The van der Waals surface area contributed by atoms with Crippen LogP contribution in [0.25, 0.3) is 0 Å². The van der Waals surface area contributed by atoms with Gasteiger partial charge in [-0.1, -0.05) is 12.1 Å². The lowest BCUT2D eigenvalue weighted by Crippen LogP contribution is -2.30. The number of esters is 1. The molecule has 2 unspecified atom stereocenters. The van der Waals surface area contributed by atoms with Gasteiger partial charge in [0.25, 0.3) is 10.1 Å². The normalized spacial score (nSPS) is 13.4. The predicted molar refractivity (Wildman–Crippen MR) is 100 cm³/mol. The zero-order valence-electron chi connectivity index (χ0n) is 16.0. The quantitative estimate of drug-likeness (QED) is 0.413. The summed E-state index contributed by atoms with van der Waals surface area (Å²) >= 11 is 0. The number of benzene rings is 1. The lowest BCUT2D eigenvalue weighted by molar-refractivity contribution is -0.160. The molecule has 0 aliphatic carbocycles. The Bertz CT molecular complexity index is 806. The van der Waals surface area contributed by atoms with Crippen molar-refractivity contribution in [3.63, 3.8) is 0 Å². The second-order valence-corrected chi connectivity index (χ2v) is 7.64. The number of ether oxygens (including phenoxy) is 2. The number of amides is 1. The van der Waals surface area contributed by atoms with E-state index in [1.54, 1.807) is 0 Å². The van der Waals surface area contributed by atoms with Crippen LogP contribution >= 0.6 is 0 Å². The molecular weight excluding hydrogens is 390 g/mol. The number of ketones is 1. The summed E-state index contributed by atoms with van der Waals surface area (Å²) in [5, 5.41) is 2.40. The van der Waals surface area contributed by atoms with E-state index < -0.39 is 39.1 Å². The minimum Gasteiger partial charge on any atom is -0.460 e. The number of carbonyl (C=O) groups excluding carboxylic acids is 3. The van der Waals surface area contributed by atoms with Gasteiger partial charge >= 0.3 is 5.97 Å². The Kier molecular flexibility index (Phi) is 9.23. The largest absolute Gasteiger partial charge is 0.460 e. The molecule has 0 spiro atoms. The van der Waals surface area contributed by atoms with Crippen LogP contribution in [0.4, 0.5) is 5.69 Å². The Hall–Kier alpha value is -2.30. The summed E-state index contributed by atoms with van der Waals surface area (Å²) < 4.78 is 42.2. The molecule has 1 rings (SSSR count). The lowest BCUT2D eigenvalue weighted by Gasteiger charge is -2.20. The lowest BCUT2D eigenvalue weighted by atomic mass is 10.1. The number of methoxy groups -OCH3 is 1. The average Bonchev–Trinajstić information content (AvgIpc) is 2.59. The number of hydrogen-bond donors (Lipinski definition) is 2. The number of nitrogens with one attached hydrogen (secondary N) is 1. The number of carbonyl (C=O) groups is 3. The Morgan fingerprint density at radius 2 is 1.86 bits per heavy atom. The van der Waals surface area contributed by atoms with Crippen LogP contribution in [0.1, 0.15) is 39.5 Å². The molecule has 156 valence electrons. The summed E-state index contributed by atoms with van der Waals surface area (Å²) in [6.45, 7) is 2.93. The molecule has 2 N–H and O–H groups in total. The number of Topliss-reactive ketones (excluding diaryl/α,β-unsaturated/α-hetero) is 1. The first-order valence-corrected chi connectivity index (χ1v) is 10.1. The van der Waals surface area contributed by atoms with Crippen molar-refractivity contribution in [2.75, 3.05) is 12.4 Å². The second kappa shape index (κ2) is 10.9. The molecule has 0 heterocycles. The molecule has 10 heteroatoms. The van der Waals surface area contributed by atoms with Crippen molar-refractivity contribution >= 4 is 33.5 Å². The maximum Gasteiger partial charge on any atom is 0.335 e. The van der Waals surface area contributed by atoms with Crippen LogP contribution in [0, 0.1) is 0 Å². The van der Waals surface area contributed by atoms with Crippen LogP contribution in [-0.4, -0.2) is 49.9 Å². The van der Waals surface area contributed by atoms with Crippen molar-refractivity contribution in [2.24, 2.45) is 0 Å². The molecule has 0 bridgehead atoms.